The van der Waals surface area contributed by atoms with Gasteiger partial charge in [-0.25, -0.2) is 4.79 Å². The number of aromatic nitrogens is 2. The molecule has 0 fully saturated rings. The van der Waals surface area contributed by atoms with Crippen LogP contribution in [-0.4, -0.2) is 22.4 Å². The van der Waals surface area contributed by atoms with Gasteiger partial charge in [-0.05, 0) is 25.1 Å². The zero-order valence-corrected chi connectivity index (χ0v) is 12.0. The van der Waals surface area contributed by atoms with Crippen molar-refractivity contribution in [1.82, 2.24) is 9.78 Å². The minimum absolute atomic E-state index is 0.269. The maximum absolute atomic E-state index is 11.6. The van der Waals surface area contributed by atoms with E-state index in [4.69, 9.17) is 27.9 Å². The van der Waals surface area contributed by atoms with Crippen molar-refractivity contribution in [1.29, 1.82) is 0 Å². The van der Waals surface area contributed by atoms with E-state index in [1.54, 1.807) is 36.9 Å². The highest BCUT2D eigenvalue weighted by Crippen LogP contribution is 2.28. The summed E-state index contributed by atoms with van der Waals surface area (Å²) in [5.41, 5.74) is 1.87. The smallest absolute Gasteiger partial charge is 0.358 e. The minimum Gasteiger partial charge on any atom is -0.461 e. The summed E-state index contributed by atoms with van der Waals surface area (Å²) < 4.78 is 6.52. The van der Waals surface area contributed by atoms with E-state index in [0.29, 0.717) is 16.7 Å². The van der Waals surface area contributed by atoms with E-state index in [2.05, 4.69) is 5.10 Å². The van der Waals surface area contributed by atoms with Crippen LogP contribution in [0.4, 0.5) is 0 Å². The number of esters is 1. The van der Waals surface area contributed by atoms with Crippen LogP contribution in [0.2, 0.25) is 10.0 Å². The Bertz CT molecular complexity index is 623. The first-order valence-corrected chi connectivity index (χ1v) is 6.45. The van der Waals surface area contributed by atoms with Crippen LogP contribution in [0.15, 0.2) is 24.3 Å². The SMILES string of the molecule is CCOC(=O)c1cc(-c2ccc(Cl)c(Cl)c2)n(C)n1. The van der Waals surface area contributed by atoms with Crippen LogP contribution in [0.3, 0.4) is 0 Å². The number of carbonyl (C=O) groups is 1. The Labute approximate surface area is 120 Å². The normalized spacial score (nSPS) is 10.5. The quantitative estimate of drug-likeness (QED) is 0.814. The third kappa shape index (κ3) is 2.91. The standard InChI is InChI=1S/C13H12Cl2N2O2/c1-3-19-13(18)11-7-12(17(2)16-11)8-4-5-9(14)10(15)6-8/h4-7H,3H2,1-2H3. The molecular formula is C13H12Cl2N2O2. The summed E-state index contributed by atoms with van der Waals surface area (Å²) in [6, 6.07) is 6.92. The lowest BCUT2D eigenvalue weighted by molar-refractivity contribution is 0.0518. The fourth-order valence-electron chi connectivity index (χ4n) is 1.70. The van der Waals surface area contributed by atoms with E-state index in [0.717, 1.165) is 11.3 Å². The largest absolute Gasteiger partial charge is 0.461 e. The molecular weight excluding hydrogens is 287 g/mol. The number of benzene rings is 1. The van der Waals surface area contributed by atoms with Gasteiger partial charge >= 0.3 is 5.97 Å². The van der Waals surface area contributed by atoms with Crippen molar-refractivity contribution in [3.63, 3.8) is 0 Å². The average molecular weight is 299 g/mol. The van der Waals surface area contributed by atoms with Gasteiger partial charge in [0, 0.05) is 12.6 Å². The molecule has 1 aromatic carbocycles. The van der Waals surface area contributed by atoms with Crippen LogP contribution in [-0.2, 0) is 11.8 Å². The Balaban J connectivity index is 2.40. The third-order valence-corrected chi connectivity index (χ3v) is 3.32. The molecule has 0 spiro atoms. The molecule has 0 N–H and O–H groups in total. The molecule has 0 bridgehead atoms. The van der Waals surface area contributed by atoms with E-state index < -0.39 is 5.97 Å². The zero-order chi connectivity index (χ0) is 14.0. The Morgan fingerprint density at radius 1 is 1.32 bits per heavy atom. The maximum Gasteiger partial charge on any atom is 0.358 e. The summed E-state index contributed by atoms with van der Waals surface area (Å²) >= 11 is 11.9. The average Bonchev–Trinajstić information content (AvgIpc) is 2.75. The van der Waals surface area contributed by atoms with Gasteiger partial charge in [0.2, 0.25) is 0 Å². The van der Waals surface area contributed by atoms with Crippen LogP contribution in [0.25, 0.3) is 11.3 Å². The molecule has 2 aromatic rings. The number of hydrogen-bond donors (Lipinski definition) is 0. The van der Waals surface area contributed by atoms with Crippen molar-refractivity contribution in [2.75, 3.05) is 6.61 Å². The molecule has 0 aliphatic carbocycles. The number of ether oxygens (including phenoxy) is 1. The summed E-state index contributed by atoms with van der Waals surface area (Å²) in [5, 5.41) is 5.06. The van der Waals surface area contributed by atoms with Gasteiger partial charge in [0.1, 0.15) is 0 Å². The fraction of sp³-hybridized carbons (Fsp3) is 0.231. The molecule has 1 heterocycles. The topological polar surface area (TPSA) is 44.1 Å². The van der Waals surface area contributed by atoms with Crippen molar-refractivity contribution in [3.8, 4) is 11.3 Å². The van der Waals surface area contributed by atoms with Crippen molar-refractivity contribution in [3.05, 3.63) is 40.0 Å². The third-order valence-electron chi connectivity index (χ3n) is 2.58. The van der Waals surface area contributed by atoms with Gasteiger partial charge in [0.25, 0.3) is 0 Å². The van der Waals surface area contributed by atoms with Gasteiger partial charge in [-0.15, -0.1) is 0 Å². The molecule has 0 radical (unpaired) electrons. The first kappa shape index (κ1) is 13.9. The van der Waals surface area contributed by atoms with Gasteiger partial charge in [-0.2, -0.15) is 5.10 Å². The summed E-state index contributed by atoms with van der Waals surface area (Å²) in [6.07, 6.45) is 0. The Morgan fingerprint density at radius 2 is 2.05 bits per heavy atom. The Hall–Kier alpha value is -1.52. The number of rotatable bonds is 3. The van der Waals surface area contributed by atoms with Crippen LogP contribution in [0, 0.1) is 0 Å². The van der Waals surface area contributed by atoms with E-state index >= 15 is 0 Å². The number of halogens is 2. The summed E-state index contributed by atoms with van der Waals surface area (Å²) in [6.45, 7) is 2.07. The monoisotopic (exact) mass is 298 g/mol. The molecule has 100 valence electrons. The lowest BCUT2D eigenvalue weighted by Crippen LogP contribution is -2.05. The number of hydrogen-bond acceptors (Lipinski definition) is 3. The fourth-order valence-corrected chi connectivity index (χ4v) is 2.00. The molecule has 6 heteroatoms. The predicted molar refractivity (Wildman–Crippen MR) is 74.6 cm³/mol. The van der Waals surface area contributed by atoms with E-state index in [1.807, 2.05) is 6.07 Å². The highest BCUT2D eigenvalue weighted by molar-refractivity contribution is 6.42. The lowest BCUT2D eigenvalue weighted by Gasteiger charge is -2.03. The second-order valence-corrected chi connectivity index (χ2v) is 4.70. The van der Waals surface area contributed by atoms with Gasteiger partial charge in [-0.3, -0.25) is 4.68 Å². The highest BCUT2D eigenvalue weighted by Gasteiger charge is 2.15. The molecule has 0 saturated heterocycles. The van der Waals surface area contributed by atoms with Gasteiger partial charge in [0.05, 0.1) is 22.3 Å². The second-order valence-electron chi connectivity index (χ2n) is 3.89. The number of carbonyl (C=O) groups excluding carboxylic acids is 1. The molecule has 0 saturated carbocycles. The number of nitrogens with zero attached hydrogens (tertiary/aromatic N) is 2. The number of aryl methyl sites for hydroxylation is 1. The van der Waals surface area contributed by atoms with Crippen molar-refractivity contribution in [2.45, 2.75) is 6.92 Å². The Morgan fingerprint density at radius 3 is 2.68 bits per heavy atom. The summed E-state index contributed by atoms with van der Waals surface area (Å²) in [4.78, 5) is 11.6. The van der Waals surface area contributed by atoms with E-state index in [1.165, 1.54) is 0 Å². The van der Waals surface area contributed by atoms with Gasteiger partial charge in [-0.1, -0.05) is 29.3 Å². The summed E-state index contributed by atoms with van der Waals surface area (Å²) in [5.74, 6) is -0.440. The van der Waals surface area contributed by atoms with E-state index in [9.17, 15) is 4.79 Å². The first-order valence-electron chi connectivity index (χ1n) is 5.69. The second kappa shape index (κ2) is 5.63. The molecule has 4 nitrogen and oxygen atoms in total. The van der Waals surface area contributed by atoms with Gasteiger partial charge < -0.3 is 4.74 Å². The molecule has 19 heavy (non-hydrogen) atoms. The van der Waals surface area contributed by atoms with Gasteiger partial charge in [0.15, 0.2) is 5.69 Å². The molecule has 0 unspecified atom stereocenters. The van der Waals surface area contributed by atoms with E-state index in [-0.39, 0.29) is 5.69 Å². The van der Waals surface area contributed by atoms with Crippen molar-refractivity contribution < 1.29 is 9.53 Å². The molecule has 0 aliphatic heterocycles. The Kier molecular flexibility index (Phi) is 4.12. The van der Waals surface area contributed by atoms with Crippen molar-refractivity contribution >= 4 is 29.2 Å². The molecule has 1 aromatic heterocycles. The van der Waals surface area contributed by atoms with Crippen LogP contribution < -0.4 is 0 Å². The van der Waals surface area contributed by atoms with Crippen LogP contribution >= 0.6 is 23.2 Å². The highest BCUT2D eigenvalue weighted by atomic mass is 35.5. The maximum atomic E-state index is 11.6. The minimum atomic E-state index is -0.440. The van der Waals surface area contributed by atoms with Crippen LogP contribution in [0.1, 0.15) is 17.4 Å². The molecule has 0 amide bonds. The first-order chi connectivity index (χ1) is 9.02. The van der Waals surface area contributed by atoms with Crippen LogP contribution in [0.5, 0.6) is 0 Å². The zero-order valence-electron chi connectivity index (χ0n) is 10.5. The lowest BCUT2D eigenvalue weighted by atomic mass is 10.1. The van der Waals surface area contributed by atoms with Crippen molar-refractivity contribution in [2.24, 2.45) is 7.05 Å². The molecule has 0 atom stereocenters. The summed E-state index contributed by atoms with van der Waals surface area (Å²) in [7, 11) is 1.75. The molecule has 2 rings (SSSR count). The predicted octanol–water partition coefficient (Wildman–Crippen LogP) is 3.57. The molecule has 0 aliphatic rings.